The van der Waals surface area contributed by atoms with E-state index < -0.39 is 0 Å². The molecule has 0 unspecified atom stereocenters. The summed E-state index contributed by atoms with van der Waals surface area (Å²) in [5.41, 5.74) is 1.10. The highest BCUT2D eigenvalue weighted by Gasteiger charge is 1.84. The summed E-state index contributed by atoms with van der Waals surface area (Å²) in [5, 5.41) is 0. The highest BCUT2D eigenvalue weighted by atomic mass is 127. The number of rotatable bonds is 0. The SMILES string of the molecule is CC.Cc1cnc(I)nc1. The summed E-state index contributed by atoms with van der Waals surface area (Å²) in [5.74, 6) is 0. The summed E-state index contributed by atoms with van der Waals surface area (Å²) < 4.78 is 0.799. The third kappa shape index (κ3) is 3.76. The largest absolute Gasteiger partial charge is 0.231 e. The Labute approximate surface area is 75.2 Å². The first-order chi connectivity index (χ1) is 4.79. The van der Waals surface area contributed by atoms with E-state index in [0.717, 1.165) is 9.39 Å². The van der Waals surface area contributed by atoms with Gasteiger partial charge in [0.25, 0.3) is 0 Å². The molecule has 0 amide bonds. The summed E-state index contributed by atoms with van der Waals surface area (Å²) in [6.45, 7) is 5.97. The summed E-state index contributed by atoms with van der Waals surface area (Å²) in [7, 11) is 0. The minimum Gasteiger partial charge on any atom is -0.231 e. The highest BCUT2D eigenvalue weighted by molar-refractivity contribution is 14.1. The Morgan fingerprint density at radius 1 is 1.20 bits per heavy atom. The quantitative estimate of drug-likeness (QED) is 0.522. The van der Waals surface area contributed by atoms with Gasteiger partial charge in [0, 0.05) is 35.0 Å². The van der Waals surface area contributed by atoms with E-state index in [9.17, 15) is 0 Å². The molecule has 1 rings (SSSR count). The molecule has 0 bridgehead atoms. The molecule has 0 spiro atoms. The molecular formula is C7H11IN2. The van der Waals surface area contributed by atoms with Crippen LogP contribution >= 0.6 is 22.6 Å². The van der Waals surface area contributed by atoms with Crippen molar-refractivity contribution in [2.75, 3.05) is 0 Å². The minimum absolute atomic E-state index is 0.799. The predicted octanol–water partition coefficient (Wildman–Crippen LogP) is 2.42. The lowest BCUT2D eigenvalue weighted by atomic mass is 10.4. The highest BCUT2D eigenvalue weighted by Crippen LogP contribution is 1.94. The second-order valence-corrected chi connectivity index (χ2v) is 2.49. The van der Waals surface area contributed by atoms with Crippen molar-refractivity contribution in [2.24, 2.45) is 0 Å². The van der Waals surface area contributed by atoms with Gasteiger partial charge in [-0.3, -0.25) is 0 Å². The average Bonchev–Trinajstić information content (AvgIpc) is 2.00. The van der Waals surface area contributed by atoms with Gasteiger partial charge in [0.15, 0.2) is 3.83 Å². The Hall–Kier alpha value is -0.190. The van der Waals surface area contributed by atoms with Crippen molar-refractivity contribution in [3.8, 4) is 0 Å². The fourth-order valence-electron chi connectivity index (χ4n) is 0.377. The van der Waals surface area contributed by atoms with Gasteiger partial charge in [-0.15, -0.1) is 0 Å². The van der Waals surface area contributed by atoms with Gasteiger partial charge in [-0.25, -0.2) is 9.97 Å². The van der Waals surface area contributed by atoms with Crippen LogP contribution in [0.2, 0.25) is 0 Å². The molecule has 56 valence electrons. The van der Waals surface area contributed by atoms with Crippen molar-refractivity contribution in [2.45, 2.75) is 20.8 Å². The molecule has 0 aliphatic rings. The summed E-state index contributed by atoms with van der Waals surface area (Å²) in [6.07, 6.45) is 3.60. The maximum atomic E-state index is 3.95. The first-order valence-electron chi connectivity index (χ1n) is 3.23. The van der Waals surface area contributed by atoms with Crippen LogP contribution < -0.4 is 0 Å². The zero-order valence-electron chi connectivity index (χ0n) is 6.43. The lowest BCUT2D eigenvalue weighted by Crippen LogP contribution is -1.84. The Morgan fingerprint density at radius 3 is 1.90 bits per heavy atom. The summed E-state index contributed by atoms with van der Waals surface area (Å²) in [4.78, 5) is 7.91. The molecule has 0 saturated heterocycles. The number of nitrogens with zero attached hydrogens (tertiary/aromatic N) is 2. The lowest BCUT2D eigenvalue weighted by Gasteiger charge is -1.87. The average molecular weight is 250 g/mol. The number of hydrogen-bond donors (Lipinski definition) is 0. The van der Waals surface area contributed by atoms with E-state index in [0.29, 0.717) is 0 Å². The molecule has 0 aliphatic carbocycles. The van der Waals surface area contributed by atoms with Gasteiger partial charge in [-0.1, -0.05) is 13.8 Å². The minimum atomic E-state index is 0.799. The van der Waals surface area contributed by atoms with Crippen molar-refractivity contribution in [3.05, 3.63) is 21.8 Å². The van der Waals surface area contributed by atoms with Crippen molar-refractivity contribution < 1.29 is 0 Å². The molecule has 10 heavy (non-hydrogen) atoms. The maximum Gasteiger partial charge on any atom is 0.190 e. The van der Waals surface area contributed by atoms with Gasteiger partial charge in [0.1, 0.15) is 0 Å². The molecule has 3 heteroatoms. The number of hydrogen-bond acceptors (Lipinski definition) is 2. The Balaban J connectivity index is 0.000000371. The molecule has 1 aromatic rings. The molecule has 1 aromatic heterocycles. The molecule has 0 saturated carbocycles. The van der Waals surface area contributed by atoms with Crippen LogP contribution in [-0.4, -0.2) is 9.97 Å². The fraction of sp³-hybridized carbons (Fsp3) is 0.429. The van der Waals surface area contributed by atoms with Crippen LogP contribution in [-0.2, 0) is 0 Å². The monoisotopic (exact) mass is 250 g/mol. The van der Waals surface area contributed by atoms with E-state index in [1.54, 1.807) is 12.4 Å². The lowest BCUT2D eigenvalue weighted by molar-refractivity contribution is 1.08. The molecule has 0 fully saturated rings. The van der Waals surface area contributed by atoms with Crippen molar-refractivity contribution in [1.29, 1.82) is 0 Å². The third-order valence-corrected chi connectivity index (χ3v) is 1.31. The third-order valence-electron chi connectivity index (χ3n) is 0.749. The Morgan fingerprint density at radius 2 is 1.60 bits per heavy atom. The van der Waals surface area contributed by atoms with Crippen LogP contribution in [0.5, 0.6) is 0 Å². The van der Waals surface area contributed by atoms with Crippen molar-refractivity contribution in [1.82, 2.24) is 9.97 Å². The molecule has 0 aliphatic heterocycles. The first-order valence-corrected chi connectivity index (χ1v) is 4.31. The number of aryl methyl sites for hydroxylation is 1. The summed E-state index contributed by atoms with van der Waals surface area (Å²) in [6, 6.07) is 0. The van der Waals surface area contributed by atoms with E-state index in [1.807, 2.05) is 20.8 Å². The van der Waals surface area contributed by atoms with Crippen LogP contribution in [0.4, 0.5) is 0 Å². The van der Waals surface area contributed by atoms with E-state index in [4.69, 9.17) is 0 Å². The van der Waals surface area contributed by atoms with Crippen LogP contribution in [0.1, 0.15) is 19.4 Å². The standard InChI is InChI=1S/C5H5IN2.C2H6/c1-4-2-7-5(6)8-3-4;1-2/h2-3H,1H3;1-2H3. The van der Waals surface area contributed by atoms with E-state index in [2.05, 4.69) is 32.6 Å². The Kier molecular flexibility index (Phi) is 5.48. The Bertz CT molecular complexity index is 150. The van der Waals surface area contributed by atoms with Crippen LogP contribution in [0.25, 0.3) is 0 Å². The molecular weight excluding hydrogens is 239 g/mol. The zero-order valence-corrected chi connectivity index (χ0v) is 8.58. The number of aromatic nitrogens is 2. The predicted molar refractivity (Wildman–Crippen MR) is 50.8 cm³/mol. The van der Waals surface area contributed by atoms with Gasteiger partial charge in [0.05, 0.1) is 0 Å². The second-order valence-electron chi connectivity index (χ2n) is 1.53. The first kappa shape index (κ1) is 9.81. The van der Waals surface area contributed by atoms with E-state index in [-0.39, 0.29) is 0 Å². The number of halogens is 1. The fourth-order valence-corrected chi connectivity index (χ4v) is 0.655. The second kappa shape index (κ2) is 5.58. The maximum absolute atomic E-state index is 3.95. The smallest absolute Gasteiger partial charge is 0.190 e. The zero-order chi connectivity index (χ0) is 7.98. The van der Waals surface area contributed by atoms with Gasteiger partial charge >= 0.3 is 0 Å². The normalized spacial score (nSPS) is 8.00. The van der Waals surface area contributed by atoms with Crippen LogP contribution in [0.15, 0.2) is 12.4 Å². The topological polar surface area (TPSA) is 25.8 Å². The van der Waals surface area contributed by atoms with Crippen LogP contribution in [0, 0.1) is 10.8 Å². The van der Waals surface area contributed by atoms with Gasteiger partial charge in [0.2, 0.25) is 0 Å². The molecule has 0 N–H and O–H groups in total. The summed E-state index contributed by atoms with van der Waals surface area (Å²) >= 11 is 2.07. The molecule has 0 atom stereocenters. The van der Waals surface area contributed by atoms with Crippen molar-refractivity contribution in [3.63, 3.8) is 0 Å². The van der Waals surface area contributed by atoms with E-state index in [1.165, 1.54) is 0 Å². The molecule has 1 heterocycles. The van der Waals surface area contributed by atoms with Crippen LogP contribution in [0.3, 0.4) is 0 Å². The van der Waals surface area contributed by atoms with Gasteiger partial charge in [-0.05, 0) is 12.5 Å². The van der Waals surface area contributed by atoms with Crippen molar-refractivity contribution >= 4 is 22.6 Å². The molecule has 2 nitrogen and oxygen atoms in total. The molecule has 0 radical (unpaired) electrons. The van der Waals surface area contributed by atoms with Gasteiger partial charge < -0.3 is 0 Å². The van der Waals surface area contributed by atoms with Gasteiger partial charge in [-0.2, -0.15) is 0 Å². The van der Waals surface area contributed by atoms with E-state index >= 15 is 0 Å². The molecule has 0 aromatic carbocycles.